The summed E-state index contributed by atoms with van der Waals surface area (Å²) in [6.45, 7) is 0. The highest BCUT2D eigenvalue weighted by atomic mass is 19.4. The molecule has 0 aliphatic rings. The molecular formula is C10H5F5O2. The average molecular weight is 252 g/mol. The van der Waals surface area contributed by atoms with Crippen molar-refractivity contribution in [1.29, 1.82) is 0 Å². The van der Waals surface area contributed by atoms with Crippen LogP contribution in [0.3, 0.4) is 0 Å². The lowest BCUT2D eigenvalue weighted by Gasteiger charge is -2.17. The van der Waals surface area contributed by atoms with Gasteiger partial charge in [-0.2, -0.15) is 22.0 Å². The second kappa shape index (κ2) is 4.23. The maximum absolute atomic E-state index is 12.6. The Bertz CT molecular complexity index is 436. The van der Waals surface area contributed by atoms with Crippen LogP contribution in [-0.4, -0.2) is 23.7 Å². The molecule has 7 heteroatoms. The van der Waals surface area contributed by atoms with Crippen molar-refractivity contribution < 1.29 is 31.5 Å². The lowest BCUT2D eigenvalue weighted by Crippen LogP contribution is -2.47. The molecule has 2 nitrogen and oxygen atoms in total. The molecule has 0 aromatic heterocycles. The zero-order chi connectivity index (χ0) is 13.3. The Morgan fingerprint density at radius 3 is 1.76 bits per heavy atom. The van der Waals surface area contributed by atoms with Crippen LogP contribution in [0.2, 0.25) is 0 Å². The lowest BCUT2D eigenvalue weighted by molar-refractivity contribution is -0.266. The third-order valence-corrected chi connectivity index (χ3v) is 1.88. The van der Waals surface area contributed by atoms with Gasteiger partial charge in [0, 0.05) is 5.56 Å². The van der Waals surface area contributed by atoms with E-state index in [1.807, 2.05) is 0 Å². The molecule has 1 aromatic rings. The van der Waals surface area contributed by atoms with Crippen molar-refractivity contribution in [2.24, 2.45) is 0 Å². The van der Waals surface area contributed by atoms with Crippen molar-refractivity contribution in [3.8, 4) is 0 Å². The van der Waals surface area contributed by atoms with E-state index in [-0.39, 0.29) is 0 Å². The number of hydrogen-bond acceptors (Lipinski definition) is 2. The molecule has 1 rings (SSSR count). The Balaban J connectivity index is 3.04. The second-order valence-electron chi connectivity index (χ2n) is 3.10. The Morgan fingerprint density at radius 1 is 0.882 bits per heavy atom. The molecule has 17 heavy (non-hydrogen) atoms. The summed E-state index contributed by atoms with van der Waals surface area (Å²) >= 11 is 0. The first kappa shape index (κ1) is 13.3. The van der Waals surface area contributed by atoms with E-state index in [4.69, 9.17) is 0 Å². The zero-order valence-corrected chi connectivity index (χ0v) is 8.09. The number of alkyl halides is 5. The molecule has 0 heterocycles. The fourth-order valence-corrected chi connectivity index (χ4v) is 0.992. The molecule has 92 valence electrons. The first-order chi connectivity index (χ1) is 7.68. The summed E-state index contributed by atoms with van der Waals surface area (Å²) in [7, 11) is 0. The van der Waals surface area contributed by atoms with Crippen LogP contribution in [0.15, 0.2) is 30.3 Å². The number of Topliss-reactive ketones (excluding diaryl/α,β-unsaturated/α-hetero) is 2. The molecule has 0 aliphatic carbocycles. The zero-order valence-electron chi connectivity index (χ0n) is 8.09. The molecule has 0 unspecified atom stereocenters. The molecular weight excluding hydrogens is 247 g/mol. The van der Waals surface area contributed by atoms with E-state index in [1.54, 1.807) is 0 Å². The summed E-state index contributed by atoms with van der Waals surface area (Å²) in [6.07, 6.45) is -6.07. The summed E-state index contributed by atoms with van der Waals surface area (Å²) in [5, 5.41) is 0. The Kier molecular flexibility index (Phi) is 3.30. The number of rotatable bonds is 3. The van der Waals surface area contributed by atoms with E-state index >= 15 is 0 Å². The molecule has 0 spiro atoms. The summed E-state index contributed by atoms with van der Waals surface area (Å²) in [5.41, 5.74) is -0.513. The minimum atomic E-state index is -6.07. The molecule has 0 bridgehead atoms. The highest BCUT2D eigenvalue weighted by Gasteiger charge is 2.64. The van der Waals surface area contributed by atoms with Crippen molar-refractivity contribution in [3.05, 3.63) is 35.9 Å². The second-order valence-corrected chi connectivity index (χ2v) is 3.10. The molecule has 0 radical (unpaired) electrons. The molecule has 0 amide bonds. The monoisotopic (exact) mass is 252 g/mol. The van der Waals surface area contributed by atoms with Gasteiger partial charge in [-0.1, -0.05) is 30.3 Å². The Labute approximate surface area is 92.0 Å². The van der Waals surface area contributed by atoms with Gasteiger partial charge in [0.15, 0.2) is 0 Å². The highest BCUT2D eigenvalue weighted by molar-refractivity contribution is 6.46. The van der Waals surface area contributed by atoms with Gasteiger partial charge in [-0.05, 0) is 0 Å². The molecule has 0 aliphatic heterocycles. The topological polar surface area (TPSA) is 34.1 Å². The van der Waals surface area contributed by atoms with Gasteiger partial charge in [0.1, 0.15) is 0 Å². The number of carbonyl (C=O) groups is 2. The van der Waals surface area contributed by atoms with Gasteiger partial charge in [-0.15, -0.1) is 0 Å². The van der Waals surface area contributed by atoms with Crippen LogP contribution in [-0.2, 0) is 4.79 Å². The van der Waals surface area contributed by atoms with E-state index in [2.05, 4.69) is 0 Å². The summed E-state index contributed by atoms with van der Waals surface area (Å²) in [4.78, 5) is 21.9. The van der Waals surface area contributed by atoms with Crippen molar-refractivity contribution >= 4 is 11.6 Å². The van der Waals surface area contributed by atoms with Gasteiger partial charge in [-0.25, -0.2) is 0 Å². The number of halogens is 5. The fourth-order valence-electron chi connectivity index (χ4n) is 0.992. The first-order valence-electron chi connectivity index (χ1n) is 4.26. The number of benzene rings is 1. The molecule has 0 N–H and O–H groups in total. The van der Waals surface area contributed by atoms with Crippen LogP contribution < -0.4 is 0 Å². The van der Waals surface area contributed by atoms with E-state index in [9.17, 15) is 31.5 Å². The third kappa shape index (κ3) is 2.48. The smallest absolute Gasteiger partial charge is 0.285 e. The van der Waals surface area contributed by atoms with E-state index in [0.717, 1.165) is 12.1 Å². The molecule has 0 atom stereocenters. The molecule has 1 aromatic carbocycles. The molecule has 0 saturated heterocycles. The van der Waals surface area contributed by atoms with E-state index in [0.29, 0.717) is 0 Å². The Morgan fingerprint density at radius 2 is 1.35 bits per heavy atom. The lowest BCUT2D eigenvalue weighted by atomic mass is 10.0. The van der Waals surface area contributed by atoms with Crippen LogP contribution in [0.4, 0.5) is 22.0 Å². The number of carbonyl (C=O) groups excluding carboxylic acids is 2. The summed E-state index contributed by atoms with van der Waals surface area (Å²) < 4.78 is 60.6. The van der Waals surface area contributed by atoms with E-state index in [1.165, 1.54) is 18.2 Å². The standard InChI is InChI=1S/C10H5F5O2/c11-9(12,10(13,14)15)8(17)7(16)6-4-2-1-3-5-6/h1-5H. The maximum Gasteiger partial charge on any atom is 0.461 e. The Hall–Kier alpha value is -1.79. The van der Waals surface area contributed by atoms with Crippen LogP contribution in [0.5, 0.6) is 0 Å². The predicted octanol–water partition coefficient (Wildman–Crippen LogP) is 2.64. The van der Waals surface area contributed by atoms with Gasteiger partial charge in [0.2, 0.25) is 5.78 Å². The van der Waals surface area contributed by atoms with Crippen molar-refractivity contribution in [1.82, 2.24) is 0 Å². The van der Waals surface area contributed by atoms with Gasteiger partial charge < -0.3 is 0 Å². The summed E-state index contributed by atoms with van der Waals surface area (Å²) in [6, 6.07) is 5.86. The quantitative estimate of drug-likeness (QED) is 0.470. The largest absolute Gasteiger partial charge is 0.461 e. The third-order valence-electron chi connectivity index (χ3n) is 1.88. The maximum atomic E-state index is 12.6. The average Bonchev–Trinajstić information content (AvgIpc) is 2.26. The number of ketones is 2. The van der Waals surface area contributed by atoms with Crippen molar-refractivity contribution in [2.45, 2.75) is 12.1 Å². The van der Waals surface area contributed by atoms with Crippen molar-refractivity contribution in [3.63, 3.8) is 0 Å². The highest BCUT2D eigenvalue weighted by Crippen LogP contribution is 2.36. The minimum Gasteiger partial charge on any atom is -0.285 e. The van der Waals surface area contributed by atoms with Crippen LogP contribution in [0.25, 0.3) is 0 Å². The predicted molar refractivity (Wildman–Crippen MR) is 46.8 cm³/mol. The summed E-state index contributed by atoms with van der Waals surface area (Å²) in [5.74, 6) is -10.3. The first-order valence-corrected chi connectivity index (χ1v) is 4.26. The van der Waals surface area contributed by atoms with Gasteiger partial charge in [-0.3, -0.25) is 9.59 Å². The van der Waals surface area contributed by atoms with Crippen LogP contribution in [0.1, 0.15) is 10.4 Å². The number of hydrogen-bond donors (Lipinski definition) is 0. The van der Waals surface area contributed by atoms with Crippen LogP contribution >= 0.6 is 0 Å². The fraction of sp³-hybridized carbons (Fsp3) is 0.200. The molecule has 0 saturated carbocycles. The van der Waals surface area contributed by atoms with Crippen molar-refractivity contribution in [2.75, 3.05) is 0 Å². The van der Waals surface area contributed by atoms with Gasteiger partial charge in [0.25, 0.3) is 5.78 Å². The molecule has 0 fully saturated rings. The minimum absolute atomic E-state index is 0.513. The normalized spacial score (nSPS) is 12.3. The SMILES string of the molecule is O=C(C(=O)C(F)(F)C(F)(F)F)c1ccccc1. The van der Waals surface area contributed by atoms with E-state index < -0.39 is 29.2 Å². The van der Waals surface area contributed by atoms with Crippen LogP contribution in [0, 0.1) is 0 Å². The van der Waals surface area contributed by atoms with Gasteiger partial charge >= 0.3 is 12.1 Å². The van der Waals surface area contributed by atoms with Gasteiger partial charge in [0.05, 0.1) is 0 Å².